The number of rotatable bonds is 8. The molecule has 0 bridgehead atoms. The van der Waals surface area contributed by atoms with Gasteiger partial charge in [-0.3, -0.25) is 19.1 Å². The molecule has 8 aromatic carbocycles. The van der Waals surface area contributed by atoms with Gasteiger partial charge in [-0.05, 0) is 104 Å². The van der Waals surface area contributed by atoms with E-state index in [1.54, 1.807) is 0 Å². The second kappa shape index (κ2) is 16.1. The molecule has 0 saturated heterocycles. The summed E-state index contributed by atoms with van der Waals surface area (Å²) in [4.78, 5) is 19.8. The molecule has 0 spiro atoms. The van der Waals surface area contributed by atoms with E-state index in [9.17, 15) is 0 Å². The molecule has 14 rings (SSSR count). The first-order chi connectivity index (χ1) is 34.8. The number of benzene rings is 8. The normalized spacial score (nSPS) is 11.7. The van der Waals surface area contributed by atoms with Crippen molar-refractivity contribution >= 4 is 54.1 Å². The van der Waals surface area contributed by atoms with Crippen LogP contribution in [0, 0.1) is 0 Å². The number of hydrogen-bond donors (Lipinski definition) is 0. The Labute approximate surface area is 403 Å². The predicted molar refractivity (Wildman–Crippen MR) is 288 cm³/mol. The molecule has 6 nitrogen and oxygen atoms in total. The first-order valence-corrected chi connectivity index (χ1v) is 23.6. The molecule has 0 N–H and O–H groups in total. The average molecular weight is 893 g/mol. The van der Waals surface area contributed by atoms with Gasteiger partial charge in [0.2, 0.25) is 0 Å². The number of aromatic nitrogens is 6. The maximum atomic E-state index is 5.27. The summed E-state index contributed by atoms with van der Waals surface area (Å²) in [6.07, 6.45) is 7.56. The lowest BCUT2D eigenvalue weighted by atomic mass is 9.89. The van der Waals surface area contributed by atoms with Crippen molar-refractivity contribution in [2.24, 2.45) is 0 Å². The van der Waals surface area contributed by atoms with E-state index in [0.717, 1.165) is 100 Å². The highest BCUT2D eigenvalue weighted by Gasteiger charge is 2.28. The van der Waals surface area contributed by atoms with Crippen LogP contribution in [-0.4, -0.2) is 29.1 Å². The van der Waals surface area contributed by atoms with E-state index in [1.807, 2.05) is 61.2 Å². The zero-order valence-corrected chi connectivity index (χ0v) is 37.8. The van der Waals surface area contributed by atoms with Crippen LogP contribution in [0.4, 0.5) is 0 Å². The Bertz CT molecular complexity index is 3930. The van der Waals surface area contributed by atoms with E-state index < -0.39 is 0 Å². The Morgan fingerprint density at radius 3 is 1.03 bits per heavy atom. The zero-order chi connectivity index (χ0) is 46.1. The predicted octanol–water partition coefficient (Wildman–Crippen LogP) is 16.1. The van der Waals surface area contributed by atoms with Crippen molar-refractivity contribution in [1.82, 2.24) is 29.1 Å². The minimum Gasteiger partial charge on any atom is -0.293 e. The number of fused-ring (bicyclic) bond motifs is 4. The topological polar surface area (TPSA) is 61.4 Å². The molecule has 0 aliphatic heterocycles. The molecule has 70 heavy (non-hydrogen) atoms. The van der Waals surface area contributed by atoms with Gasteiger partial charge in [0.05, 0.1) is 33.8 Å². The van der Waals surface area contributed by atoms with Crippen LogP contribution >= 0.6 is 0 Å². The molecule has 326 valence electrons. The standard InChI is InChI=1S/C64H40N6/c1-5-17-41(18-6-1)59-51-37-45-27-32-50-58-46(28-31-49(57(45)58)63(51)69(61(59)43-21-9-3-10-22-43)55-33-29-47(39-67-55)53-25-13-15-35-65-53)38-52-60(42-19-7-2-8-20-42)62(44-23-11-4-12-24-44)70(64(50)52)56-34-30-48(40-68-56)54-26-14-16-36-66-54/h1-40H. The van der Waals surface area contributed by atoms with Gasteiger partial charge in [0.25, 0.3) is 0 Å². The monoisotopic (exact) mass is 892 g/mol. The Morgan fingerprint density at radius 2 is 0.671 bits per heavy atom. The molecule has 0 aliphatic rings. The maximum Gasteiger partial charge on any atom is 0.137 e. The minimum atomic E-state index is 0.831. The molecule has 0 fully saturated rings. The van der Waals surface area contributed by atoms with Gasteiger partial charge < -0.3 is 0 Å². The summed E-state index contributed by atoms with van der Waals surface area (Å²) in [5.41, 5.74) is 14.9. The maximum absolute atomic E-state index is 5.27. The van der Waals surface area contributed by atoms with Crippen molar-refractivity contribution < 1.29 is 0 Å². The summed E-state index contributed by atoms with van der Waals surface area (Å²) in [6.45, 7) is 0. The van der Waals surface area contributed by atoms with E-state index in [0.29, 0.717) is 0 Å². The summed E-state index contributed by atoms with van der Waals surface area (Å²) in [7, 11) is 0. The van der Waals surface area contributed by atoms with Gasteiger partial charge in [-0.1, -0.05) is 158 Å². The molecule has 14 aromatic rings. The van der Waals surface area contributed by atoms with Crippen LogP contribution in [0.1, 0.15) is 0 Å². The first-order valence-electron chi connectivity index (χ1n) is 23.6. The lowest BCUT2D eigenvalue weighted by Gasteiger charge is -2.17. The van der Waals surface area contributed by atoms with Crippen molar-refractivity contribution in [3.63, 3.8) is 0 Å². The van der Waals surface area contributed by atoms with E-state index in [-0.39, 0.29) is 0 Å². The lowest BCUT2D eigenvalue weighted by molar-refractivity contribution is 1.05. The number of hydrogen-bond acceptors (Lipinski definition) is 4. The Morgan fingerprint density at radius 1 is 0.286 bits per heavy atom. The first kappa shape index (κ1) is 39.6. The van der Waals surface area contributed by atoms with Crippen molar-refractivity contribution in [3.05, 3.63) is 243 Å². The summed E-state index contributed by atoms with van der Waals surface area (Å²) >= 11 is 0. The molecule has 0 saturated carbocycles. The summed E-state index contributed by atoms with van der Waals surface area (Å²) in [6, 6.07) is 77.8. The highest BCUT2D eigenvalue weighted by Crippen LogP contribution is 2.51. The Kier molecular flexibility index (Phi) is 9.10. The third-order valence-electron chi connectivity index (χ3n) is 13.8. The van der Waals surface area contributed by atoms with Gasteiger partial charge in [-0.15, -0.1) is 0 Å². The van der Waals surface area contributed by atoms with Gasteiger partial charge in [0.15, 0.2) is 0 Å². The number of nitrogens with zero attached hydrogens (tertiary/aromatic N) is 6. The van der Waals surface area contributed by atoms with E-state index in [1.165, 1.54) is 32.7 Å². The molecule has 0 radical (unpaired) electrons. The minimum absolute atomic E-state index is 0.831. The molecule has 0 atom stereocenters. The van der Waals surface area contributed by atoms with Crippen LogP contribution in [0.5, 0.6) is 0 Å². The van der Waals surface area contributed by atoms with Crippen LogP contribution in [-0.2, 0) is 0 Å². The Hall–Kier alpha value is -9.52. The van der Waals surface area contributed by atoms with E-state index in [2.05, 4.69) is 201 Å². The van der Waals surface area contributed by atoms with E-state index in [4.69, 9.17) is 9.97 Å². The Balaban J connectivity index is 1.12. The molecule has 6 aromatic heterocycles. The third-order valence-corrected chi connectivity index (χ3v) is 13.8. The van der Waals surface area contributed by atoms with Gasteiger partial charge in [-0.25, -0.2) is 9.97 Å². The van der Waals surface area contributed by atoms with Gasteiger partial charge >= 0.3 is 0 Å². The highest BCUT2D eigenvalue weighted by molar-refractivity contribution is 6.35. The van der Waals surface area contributed by atoms with Crippen LogP contribution in [0.15, 0.2) is 243 Å². The van der Waals surface area contributed by atoms with Crippen LogP contribution in [0.2, 0.25) is 0 Å². The lowest BCUT2D eigenvalue weighted by Crippen LogP contribution is -2.02. The smallest absolute Gasteiger partial charge is 0.137 e. The molecular weight excluding hydrogens is 853 g/mol. The molecule has 0 unspecified atom stereocenters. The van der Waals surface area contributed by atoms with Crippen LogP contribution in [0.3, 0.4) is 0 Å². The molecular formula is C64H40N6. The zero-order valence-electron chi connectivity index (χ0n) is 37.8. The van der Waals surface area contributed by atoms with E-state index >= 15 is 0 Å². The molecule has 0 aliphatic carbocycles. The second-order valence-electron chi connectivity index (χ2n) is 17.8. The van der Waals surface area contributed by atoms with Gasteiger partial charge in [-0.2, -0.15) is 0 Å². The fourth-order valence-electron chi connectivity index (χ4n) is 10.9. The largest absolute Gasteiger partial charge is 0.293 e. The van der Waals surface area contributed by atoms with Crippen molar-refractivity contribution in [3.8, 4) is 78.9 Å². The SMILES string of the molecule is c1ccc(-c2c(-c3ccccc3)n(-c3ccc(-c4ccccn4)cn3)c3c2cc2ccc4c5c(ccc3c25)cc2c(-c3ccccc3)c(-c3ccccc3)n(-c3ccc(-c5ccccn5)cn3)c24)cc1. The summed E-state index contributed by atoms with van der Waals surface area (Å²) in [5.74, 6) is 1.66. The summed E-state index contributed by atoms with van der Waals surface area (Å²) in [5, 5.41) is 9.40. The fourth-order valence-corrected chi connectivity index (χ4v) is 10.9. The van der Waals surface area contributed by atoms with Crippen molar-refractivity contribution in [2.75, 3.05) is 0 Å². The fraction of sp³-hybridized carbons (Fsp3) is 0. The third kappa shape index (κ3) is 6.20. The highest BCUT2D eigenvalue weighted by atomic mass is 15.1. The number of pyridine rings is 4. The quantitative estimate of drug-likeness (QED) is 0.143. The average Bonchev–Trinajstić information content (AvgIpc) is 3.97. The molecule has 6 heteroatoms. The second-order valence-corrected chi connectivity index (χ2v) is 17.8. The van der Waals surface area contributed by atoms with Gasteiger partial charge in [0.1, 0.15) is 11.6 Å². The summed E-state index contributed by atoms with van der Waals surface area (Å²) < 4.78 is 4.79. The van der Waals surface area contributed by atoms with Gasteiger partial charge in [0, 0.05) is 68.6 Å². The van der Waals surface area contributed by atoms with Crippen molar-refractivity contribution in [2.45, 2.75) is 0 Å². The molecule has 6 heterocycles. The molecule has 0 amide bonds. The van der Waals surface area contributed by atoms with Crippen LogP contribution in [0.25, 0.3) is 133 Å². The van der Waals surface area contributed by atoms with Crippen LogP contribution < -0.4 is 0 Å². The van der Waals surface area contributed by atoms with Crippen molar-refractivity contribution in [1.29, 1.82) is 0 Å².